The number of ketones is 1. The summed E-state index contributed by atoms with van der Waals surface area (Å²) in [6, 6.07) is 5.82. The van der Waals surface area contributed by atoms with Gasteiger partial charge in [-0.3, -0.25) is 4.79 Å². The van der Waals surface area contributed by atoms with E-state index in [-0.39, 0.29) is 5.78 Å². The Morgan fingerprint density at radius 3 is 2.79 bits per heavy atom. The molecule has 4 heteroatoms. The quantitative estimate of drug-likeness (QED) is 0.745. The highest BCUT2D eigenvalue weighted by molar-refractivity contribution is 6.30. The first kappa shape index (κ1) is 16.0. The smallest absolute Gasteiger partial charge is 0.137 e. The number of carbonyl (C=O) groups excluding carboxylic acids is 1. The molecule has 1 N–H and O–H groups in total. The van der Waals surface area contributed by atoms with E-state index in [9.17, 15) is 4.79 Å². The van der Waals surface area contributed by atoms with Gasteiger partial charge in [0, 0.05) is 29.5 Å². The zero-order valence-corrected chi connectivity index (χ0v) is 12.6. The summed E-state index contributed by atoms with van der Waals surface area (Å²) < 4.78 is 5.24. The van der Waals surface area contributed by atoms with Gasteiger partial charge in [-0.1, -0.05) is 25.4 Å². The van der Waals surface area contributed by atoms with E-state index in [1.165, 1.54) is 0 Å². The molecule has 0 saturated carbocycles. The van der Waals surface area contributed by atoms with Gasteiger partial charge in [-0.15, -0.1) is 0 Å². The van der Waals surface area contributed by atoms with Crippen molar-refractivity contribution in [1.29, 1.82) is 0 Å². The second kappa shape index (κ2) is 8.18. The number of carbonyl (C=O) groups is 1. The van der Waals surface area contributed by atoms with Crippen LogP contribution in [0.3, 0.4) is 0 Å². The van der Waals surface area contributed by atoms with E-state index in [4.69, 9.17) is 16.3 Å². The average Bonchev–Trinajstić information content (AvgIpc) is 2.35. The number of Topliss-reactive ketones (excluding diaryl/α,β-unsaturated/α-hetero) is 1. The van der Waals surface area contributed by atoms with Crippen LogP contribution in [-0.2, 0) is 11.2 Å². The van der Waals surface area contributed by atoms with Crippen LogP contribution < -0.4 is 10.1 Å². The molecule has 0 unspecified atom stereocenters. The van der Waals surface area contributed by atoms with E-state index in [2.05, 4.69) is 19.2 Å². The van der Waals surface area contributed by atoms with Crippen LogP contribution in [0, 0.1) is 0 Å². The molecule has 0 aromatic heterocycles. The molecule has 0 aliphatic carbocycles. The molecular weight excluding hydrogens is 262 g/mol. The molecule has 1 rings (SSSR count). The molecule has 1 aromatic carbocycles. The summed E-state index contributed by atoms with van der Waals surface area (Å²) in [5.74, 6) is 0.934. The van der Waals surface area contributed by atoms with Gasteiger partial charge in [0.05, 0.1) is 7.11 Å². The lowest BCUT2D eigenvalue weighted by Crippen LogP contribution is -2.24. The molecule has 0 saturated heterocycles. The normalized spacial score (nSPS) is 10.8. The van der Waals surface area contributed by atoms with Crippen LogP contribution in [0.5, 0.6) is 5.75 Å². The Hall–Kier alpha value is -1.06. The van der Waals surface area contributed by atoms with Gasteiger partial charge < -0.3 is 10.1 Å². The molecule has 0 aliphatic rings. The molecule has 0 heterocycles. The number of methoxy groups -OCH3 is 1. The van der Waals surface area contributed by atoms with Gasteiger partial charge >= 0.3 is 0 Å². The van der Waals surface area contributed by atoms with Crippen LogP contribution in [0.15, 0.2) is 18.2 Å². The lowest BCUT2D eigenvalue weighted by atomic mass is 10.0. The van der Waals surface area contributed by atoms with Crippen LogP contribution in [0.25, 0.3) is 0 Å². The Morgan fingerprint density at radius 2 is 2.16 bits per heavy atom. The summed E-state index contributed by atoms with van der Waals surface area (Å²) in [5, 5.41) is 3.93. The SMILES string of the molecule is COc1ccc(Cl)cc1CC(=O)CCCNC(C)C. The first-order valence-electron chi connectivity index (χ1n) is 6.60. The minimum Gasteiger partial charge on any atom is -0.496 e. The Labute approximate surface area is 120 Å². The number of hydrogen-bond donors (Lipinski definition) is 1. The van der Waals surface area contributed by atoms with Gasteiger partial charge in [-0.2, -0.15) is 0 Å². The molecular formula is C15H22ClNO2. The first-order valence-corrected chi connectivity index (χ1v) is 6.98. The lowest BCUT2D eigenvalue weighted by molar-refractivity contribution is -0.118. The Kier molecular flexibility index (Phi) is 6.89. The highest BCUT2D eigenvalue weighted by Gasteiger charge is 2.09. The van der Waals surface area contributed by atoms with Crippen molar-refractivity contribution < 1.29 is 9.53 Å². The van der Waals surface area contributed by atoms with Gasteiger partial charge in [0.2, 0.25) is 0 Å². The number of halogens is 1. The lowest BCUT2D eigenvalue weighted by Gasteiger charge is -2.09. The zero-order valence-electron chi connectivity index (χ0n) is 11.8. The minimum absolute atomic E-state index is 0.214. The molecule has 106 valence electrons. The van der Waals surface area contributed by atoms with Crippen molar-refractivity contribution in [3.63, 3.8) is 0 Å². The predicted octanol–water partition coefficient (Wildman–Crippen LogP) is 3.24. The number of hydrogen-bond acceptors (Lipinski definition) is 3. The molecule has 0 bridgehead atoms. The first-order chi connectivity index (χ1) is 9.02. The van der Waals surface area contributed by atoms with Gasteiger partial charge in [-0.05, 0) is 31.2 Å². The molecule has 1 aromatic rings. The van der Waals surface area contributed by atoms with E-state index in [0.29, 0.717) is 23.9 Å². The van der Waals surface area contributed by atoms with E-state index >= 15 is 0 Å². The van der Waals surface area contributed by atoms with Crippen LogP contribution in [0.2, 0.25) is 5.02 Å². The molecule has 0 radical (unpaired) electrons. The molecule has 0 fully saturated rings. The Morgan fingerprint density at radius 1 is 1.42 bits per heavy atom. The topological polar surface area (TPSA) is 38.3 Å². The average molecular weight is 284 g/mol. The molecule has 19 heavy (non-hydrogen) atoms. The largest absolute Gasteiger partial charge is 0.496 e. The van der Waals surface area contributed by atoms with E-state index in [1.807, 2.05) is 0 Å². The summed E-state index contributed by atoms with van der Waals surface area (Å²) in [7, 11) is 1.60. The van der Waals surface area contributed by atoms with E-state index in [0.717, 1.165) is 24.3 Å². The van der Waals surface area contributed by atoms with Crippen molar-refractivity contribution >= 4 is 17.4 Å². The molecule has 0 aliphatic heterocycles. The van der Waals surface area contributed by atoms with Crippen molar-refractivity contribution in [3.05, 3.63) is 28.8 Å². The predicted molar refractivity (Wildman–Crippen MR) is 79.1 cm³/mol. The van der Waals surface area contributed by atoms with Crippen molar-refractivity contribution in [2.45, 2.75) is 39.2 Å². The third kappa shape index (κ3) is 6.08. The monoisotopic (exact) mass is 283 g/mol. The summed E-state index contributed by atoms with van der Waals surface area (Å²) in [4.78, 5) is 11.9. The number of ether oxygens (including phenoxy) is 1. The highest BCUT2D eigenvalue weighted by Crippen LogP contribution is 2.23. The maximum absolute atomic E-state index is 11.9. The van der Waals surface area contributed by atoms with Crippen molar-refractivity contribution in [3.8, 4) is 5.75 Å². The van der Waals surface area contributed by atoms with Crippen LogP contribution >= 0.6 is 11.6 Å². The second-order valence-corrected chi connectivity index (χ2v) is 5.32. The van der Waals surface area contributed by atoms with Crippen LogP contribution in [-0.4, -0.2) is 25.5 Å². The zero-order chi connectivity index (χ0) is 14.3. The van der Waals surface area contributed by atoms with Crippen molar-refractivity contribution in [1.82, 2.24) is 5.32 Å². The number of nitrogens with one attached hydrogen (secondary N) is 1. The summed E-state index contributed by atoms with van der Waals surface area (Å²) >= 11 is 5.94. The van der Waals surface area contributed by atoms with Crippen molar-refractivity contribution in [2.75, 3.05) is 13.7 Å². The molecule has 0 spiro atoms. The maximum Gasteiger partial charge on any atom is 0.137 e. The molecule has 3 nitrogen and oxygen atoms in total. The third-order valence-electron chi connectivity index (χ3n) is 2.82. The van der Waals surface area contributed by atoms with Gasteiger partial charge in [0.15, 0.2) is 0 Å². The van der Waals surface area contributed by atoms with Gasteiger partial charge in [0.25, 0.3) is 0 Å². The second-order valence-electron chi connectivity index (χ2n) is 4.88. The van der Waals surface area contributed by atoms with Gasteiger partial charge in [-0.25, -0.2) is 0 Å². The minimum atomic E-state index is 0.214. The fourth-order valence-corrected chi connectivity index (χ4v) is 2.06. The fourth-order valence-electron chi connectivity index (χ4n) is 1.86. The maximum atomic E-state index is 11.9. The molecule has 0 amide bonds. The molecule has 0 atom stereocenters. The van der Waals surface area contributed by atoms with Crippen molar-refractivity contribution in [2.24, 2.45) is 0 Å². The van der Waals surface area contributed by atoms with Crippen LogP contribution in [0.1, 0.15) is 32.3 Å². The summed E-state index contributed by atoms with van der Waals surface area (Å²) in [6.07, 6.45) is 1.82. The number of rotatable bonds is 8. The highest BCUT2D eigenvalue weighted by atomic mass is 35.5. The summed E-state index contributed by atoms with van der Waals surface area (Å²) in [6.45, 7) is 5.06. The van der Waals surface area contributed by atoms with Crippen LogP contribution in [0.4, 0.5) is 0 Å². The number of benzene rings is 1. The van der Waals surface area contributed by atoms with Gasteiger partial charge in [0.1, 0.15) is 11.5 Å². The Balaban J connectivity index is 2.45. The Bertz CT molecular complexity index is 419. The van der Waals surface area contributed by atoms with E-state index in [1.54, 1.807) is 25.3 Å². The standard InChI is InChI=1S/C15H22ClNO2/c1-11(2)17-8-4-5-14(18)10-12-9-13(16)6-7-15(12)19-3/h6-7,9,11,17H,4-5,8,10H2,1-3H3. The fraction of sp³-hybridized carbons (Fsp3) is 0.533. The van der Waals surface area contributed by atoms with E-state index < -0.39 is 0 Å². The third-order valence-corrected chi connectivity index (χ3v) is 3.05. The summed E-state index contributed by atoms with van der Waals surface area (Å²) in [5.41, 5.74) is 0.858.